The minimum atomic E-state index is -3.59. The van der Waals surface area contributed by atoms with Crippen molar-refractivity contribution in [3.63, 3.8) is 0 Å². The van der Waals surface area contributed by atoms with Crippen molar-refractivity contribution in [3.8, 4) is 0 Å². The fourth-order valence-electron chi connectivity index (χ4n) is 3.39. The van der Waals surface area contributed by atoms with E-state index in [0.717, 1.165) is 10.0 Å². The third-order valence-electron chi connectivity index (χ3n) is 4.92. The fourth-order valence-corrected chi connectivity index (χ4v) is 5.31. The molecular weight excluding hydrogens is 458 g/mol. The highest BCUT2D eigenvalue weighted by Crippen LogP contribution is 2.27. The number of Topliss-reactive ketones (excluding diaryl/α,β-unsaturated/α-hetero) is 1. The van der Waals surface area contributed by atoms with Gasteiger partial charge < -0.3 is 10.1 Å². The third kappa shape index (κ3) is 6.14. The van der Waals surface area contributed by atoms with Gasteiger partial charge in [-0.2, -0.15) is 0 Å². The first-order valence-corrected chi connectivity index (χ1v) is 11.8. The van der Waals surface area contributed by atoms with E-state index in [1.165, 1.54) is 12.1 Å². The van der Waals surface area contributed by atoms with Gasteiger partial charge in [-0.25, -0.2) is 13.2 Å². The van der Waals surface area contributed by atoms with Gasteiger partial charge in [-0.1, -0.05) is 46.3 Å². The Balaban J connectivity index is 1.64. The molecule has 1 saturated carbocycles. The van der Waals surface area contributed by atoms with E-state index in [9.17, 15) is 18.0 Å². The van der Waals surface area contributed by atoms with Crippen LogP contribution in [0.5, 0.6) is 0 Å². The van der Waals surface area contributed by atoms with Crippen molar-refractivity contribution in [1.29, 1.82) is 0 Å². The Labute approximate surface area is 178 Å². The Hall–Kier alpha value is -2.19. The molecule has 0 aliphatic heterocycles. The smallest absolute Gasteiger partial charge is 0.407 e. The number of rotatable bonds is 6. The summed E-state index contributed by atoms with van der Waals surface area (Å²) in [4.78, 5) is 24.3. The fraction of sp³-hybridized carbons (Fsp3) is 0.333. The van der Waals surface area contributed by atoms with Crippen LogP contribution in [-0.2, 0) is 26.0 Å². The lowest BCUT2D eigenvalue weighted by Crippen LogP contribution is -2.46. The Bertz CT molecular complexity index is 960. The van der Waals surface area contributed by atoms with Crippen molar-refractivity contribution < 1.29 is 22.7 Å². The van der Waals surface area contributed by atoms with Gasteiger partial charge in [0.25, 0.3) is 0 Å². The first-order valence-electron chi connectivity index (χ1n) is 9.31. The van der Waals surface area contributed by atoms with E-state index < -0.39 is 27.9 Å². The van der Waals surface area contributed by atoms with Crippen LogP contribution in [0.15, 0.2) is 64.0 Å². The number of benzene rings is 2. The SMILES string of the molecule is O=C1CC[C@H](NC(=O)OCc2ccccc2)[C@H](CS(=O)(=O)c2ccc(Br)cc2)C1. The van der Waals surface area contributed by atoms with Gasteiger partial charge in [-0.05, 0) is 36.2 Å². The molecule has 0 radical (unpaired) electrons. The van der Waals surface area contributed by atoms with Gasteiger partial charge in [0.1, 0.15) is 12.4 Å². The molecule has 2 aromatic rings. The Morgan fingerprint density at radius 1 is 1.10 bits per heavy atom. The average molecular weight is 480 g/mol. The van der Waals surface area contributed by atoms with Crippen LogP contribution in [0, 0.1) is 5.92 Å². The maximum absolute atomic E-state index is 12.8. The predicted molar refractivity (Wildman–Crippen MR) is 112 cm³/mol. The summed E-state index contributed by atoms with van der Waals surface area (Å²) in [5.41, 5.74) is 0.857. The number of amides is 1. The number of sulfone groups is 1. The minimum Gasteiger partial charge on any atom is -0.445 e. The highest BCUT2D eigenvalue weighted by atomic mass is 79.9. The second-order valence-electron chi connectivity index (χ2n) is 7.09. The molecule has 6 nitrogen and oxygen atoms in total. The van der Waals surface area contributed by atoms with E-state index in [4.69, 9.17) is 4.74 Å². The molecule has 0 heterocycles. The summed E-state index contributed by atoms with van der Waals surface area (Å²) in [7, 11) is -3.59. The Morgan fingerprint density at radius 3 is 2.48 bits per heavy atom. The molecule has 8 heteroatoms. The number of hydrogen-bond donors (Lipinski definition) is 1. The molecule has 0 saturated heterocycles. The second kappa shape index (κ2) is 9.54. The maximum Gasteiger partial charge on any atom is 0.407 e. The standard InChI is InChI=1S/C21H22BrNO5S/c22-17-6-9-19(10-7-17)29(26,27)14-16-12-18(24)8-11-20(16)23-21(25)28-13-15-4-2-1-3-5-15/h1-7,9-10,16,20H,8,11-14H2,(H,23,25)/t16-,20-/m0/s1. The second-order valence-corrected chi connectivity index (χ2v) is 10.0. The van der Waals surface area contributed by atoms with Crippen LogP contribution in [0.25, 0.3) is 0 Å². The summed E-state index contributed by atoms with van der Waals surface area (Å²) in [6.45, 7) is 0.125. The van der Waals surface area contributed by atoms with Crippen LogP contribution in [-0.4, -0.2) is 32.1 Å². The van der Waals surface area contributed by atoms with E-state index in [-0.39, 0.29) is 29.5 Å². The number of carbonyl (C=O) groups is 2. The summed E-state index contributed by atoms with van der Waals surface area (Å²) >= 11 is 3.29. The van der Waals surface area contributed by atoms with Crippen molar-refractivity contribution in [2.24, 2.45) is 5.92 Å². The number of nitrogens with one attached hydrogen (secondary N) is 1. The largest absolute Gasteiger partial charge is 0.445 e. The summed E-state index contributed by atoms with van der Waals surface area (Å²) in [5, 5.41) is 2.76. The quantitative estimate of drug-likeness (QED) is 0.678. The number of halogens is 1. The molecule has 154 valence electrons. The van der Waals surface area contributed by atoms with E-state index in [0.29, 0.717) is 12.8 Å². The number of ether oxygens (including phenoxy) is 1. The molecule has 1 N–H and O–H groups in total. The van der Waals surface area contributed by atoms with Gasteiger partial charge in [-0.3, -0.25) is 4.79 Å². The van der Waals surface area contributed by atoms with Crippen molar-refractivity contribution in [1.82, 2.24) is 5.32 Å². The van der Waals surface area contributed by atoms with E-state index >= 15 is 0 Å². The van der Waals surface area contributed by atoms with Crippen LogP contribution in [0.3, 0.4) is 0 Å². The van der Waals surface area contributed by atoms with E-state index in [1.807, 2.05) is 30.3 Å². The highest BCUT2D eigenvalue weighted by molar-refractivity contribution is 9.10. The number of hydrogen-bond acceptors (Lipinski definition) is 5. The molecule has 1 aliphatic rings. The Kier molecular flexibility index (Phi) is 7.08. The summed E-state index contributed by atoms with van der Waals surface area (Å²) in [6.07, 6.45) is 0.233. The maximum atomic E-state index is 12.8. The van der Waals surface area contributed by atoms with E-state index in [1.54, 1.807) is 12.1 Å². The first kappa shape index (κ1) is 21.5. The molecule has 1 aliphatic carbocycles. The summed E-state index contributed by atoms with van der Waals surface area (Å²) in [5.74, 6) is -0.685. The molecule has 0 aromatic heterocycles. The van der Waals surface area contributed by atoms with Crippen molar-refractivity contribution in [2.45, 2.75) is 36.8 Å². The van der Waals surface area contributed by atoms with Gasteiger partial charge in [0, 0.05) is 29.3 Å². The Morgan fingerprint density at radius 2 is 1.79 bits per heavy atom. The van der Waals surface area contributed by atoms with Crippen molar-refractivity contribution >= 4 is 37.6 Å². The molecule has 1 amide bonds. The van der Waals surface area contributed by atoms with Crippen LogP contribution in [0.4, 0.5) is 4.79 Å². The van der Waals surface area contributed by atoms with Gasteiger partial charge >= 0.3 is 6.09 Å². The molecule has 1 fully saturated rings. The molecule has 2 atom stereocenters. The zero-order valence-corrected chi connectivity index (χ0v) is 18.1. The highest BCUT2D eigenvalue weighted by Gasteiger charge is 2.34. The molecular formula is C21H22BrNO5S. The third-order valence-corrected chi connectivity index (χ3v) is 7.30. The lowest BCUT2D eigenvalue weighted by atomic mass is 9.85. The average Bonchev–Trinajstić information content (AvgIpc) is 2.69. The number of ketones is 1. The topological polar surface area (TPSA) is 89.5 Å². The number of carbonyl (C=O) groups excluding carboxylic acids is 2. The van der Waals surface area contributed by atoms with Crippen molar-refractivity contribution in [2.75, 3.05) is 5.75 Å². The van der Waals surface area contributed by atoms with Gasteiger partial charge in [0.2, 0.25) is 0 Å². The minimum absolute atomic E-state index is 0.0108. The van der Waals surface area contributed by atoms with E-state index in [2.05, 4.69) is 21.2 Å². The van der Waals surface area contributed by atoms with Gasteiger partial charge in [0.15, 0.2) is 9.84 Å². The molecule has 29 heavy (non-hydrogen) atoms. The zero-order chi connectivity index (χ0) is 20.9. The lowest BCUT2D eigenvalue weighted by Gasteiger charge is -2.31. The lowest BCUT2D eigenvalue weighted by molar-refractivity contribution is -0.121. The normalized spacial score (nSPS) is 19.6. The van der Waals surface area contributed by atoms with Crippen LogP contribution < -0.4 is 5.32 Å². The zero-order valence-electron chi connectivity index (χ0n) is 15.7. The van der Waals surface area contributed by atoms with Gasteiger partial charge in [0.05, 0.1) is 10.6 Å². The molecule has 0 spiro atoms. The predicted octanol–water partition coefficient (Wildman–Crippen LogP) is 3.89. The first-order chi connectivity index (χ1) is 13.8. The van der Waals surface area contributed by atoms with Crippen molar-refractivity contribution in [3.05, 3.63) is 64.6 Å². The summed E-state index contributed by atoms with van der Waals surface area (Å²) < 4.78 is 31.6. The molecule has 0 unspecified atom stereocenters. The van der Waals surface area contributed by atoms with Crippen LogP contribution >= 0.6 is 15.9 Å². The molecule has 2 aromatic carbocycles. The number of alkyl carbamates (subject to hydrolysis) is 1. The van der Waals surface area contributed by atoms with Crippen LogP contribution in [0.2, 0.25) is 0 Å². The molecule has 3 rings (SSSR count). The molecule has 0 bridgehead atoms. The van der Waals surface area contributed by atoms with Crippen LogP contribution in [0.1, 0.15) is 24.8 Å². The monoisotopic (exact) mass is 479 g/mol. The van der Waals surface area contributed by atoms with Gasteiger partial charge in [-0.15, -0.1) is 0 Å². The summed E-state index contributed by atoms with van der Waals surface area (Å²) in [6, 6.07) is 15.2.